The van der Waals surface area contributed by atoms with Crippen LogP contribution in [0.15, 0.2) is 30.3 Å². The van der Waals surface area contributed by atoms with E-state index in [1.807, 2.05) is 36.6 Å². The molecule has 115 valence electrons. The molecule has 0 saturated heterocycles. The van der Waals surface area contributed by atoms with Crippen molar-refractivity contribution < 1.29 is 9.59 Å². The summed E-state index contributed by atoms with van der Waals surface area (Å²) in [5, 5.41) is 2.75. The van der Waals surface area contributed by atoms with Gasteiger partial charge in [0.2, 0.25) is 12.2 Å². The van der Waals surface area contributed by atoms with Crippen LogP contribution in [0.2, 0.25) is 0 Å². The summed E-state index contributed by atoms with van der Waals surface area (Å²) in [4.78, 5) is 22.8. The fourth-order valence-electron chi connectivity index (χ4n) is 2.30. The van der Waals surface area contributed by atoms with Crippen molar-refractivity contribution in [1.29, 1.82) is 0 Å². The molecular formula is C18H26NO2. The zero-order valence-electron chi connectivity index (χ0n) is 12.9. The van der Waals surface area contributed by atoms with E-state index in [0.29, 0.717) is 12.8 Å². The minimum atomic E-state index is -0.542. The average Bonchev–Trinajstić information content (AvgIpc) is 2.51. The molecule has 0 saturated carbocycles. The Kier molecular flexibility index (Phi) is 9.18. The molecule has 0 fully saturated rings. The minimum absolute atomic E-state index is 0.0465. The Labute approximate surface area is 128 Å². The van der Waals surface area contributed by atoms with Crippen LogP contribution in [0.1, 0.15) is 57.4 Å². The van der Waals surface area contributed by atoms with Gasteiger partial charge in [-0.3, -0.25) is 9.59 Å². The van der Waals surface area contributed by atoms with Crippen molar-refractivity contribution >= 4 is 12.2 Å². The smallest absolute Gasteiger partial charge is 0.223 e. The molecule has 1 amide bonds. The van der Waals surface area contributed by atoms with Crippen LogP contribution in [0.5, 0.6) is 0 Å². The first-order valence-corrected chi connectivity index (χ1v) is 7.97. The Morgan fingerprint density at radius 2 is 1.76 bits per heavy atom. The minimum Gasteiger partial charge on any atom is -0.345 e. The van der Waals surface area contributed by atoms with E-state index < -0.39 is 6.04 Å². The van der Waals surface area contributed by atoms with Crippen molar-refractivity contribution in [1.82, 2.24) is 5.32 Å². The fraction of sp³-hybridized carbons (Fsp3) is 0.556. The molecule has 1 atom stereocenters. The van der Waals surface area contributed by atoms with E-state index in [9.17, 15) is 9.59 Å². The second-order valence-electron chi connectivity index (χ2n) is 5.45. The number of carbonyl (C=O) groups is 1. The highest BCUT2D eigenvalue weighted by Gasteiger charge is 2.12. The van der Waals surface area contributed by atoms with E-state index in [4.69, 9.17) is 0 Å². The number of carbonyl (C=O) groups excluding carboxylic acids is 2. The van der Waals surface area contributed by atoms with Gasteiger partial charge in [0, 0.05) is 12.8 Å². The van der Waals surface area contributed by atoms with Crippen LogP contribution < -0.4 is 5.32 Å². The predicted molar refractivity (Wildman–Crippen MR) is 85.8 cm³/mol. The number of rotatable bonds is 11. The highest BCUT2D eigenvalue weighted by molar-refractivity contribution is 5.79. The quantitative estimate of drug-likeness (QED) is 0.633. The van der Waals surface area contributed by atoms with Gasteiger partial charge in [0.15, 0.2) is 0 Å². The second kappa shape index (κ2) is 11.1. The lowest BCUT2D eigenvalue weighted by Gasteiger charge is -2.12. The molecule has 3 nitrogen and oxygen atoms in total. The summed E-state index contributed by atoms with van der Waals surface area (Å²) in [5.74, 6) is -0.0465. The van der Waals surface area contributed by atoms with Gasteiger partial charge in [-0.2, -0.15) is 0 Å². The normalized spacial score (nSPS) is 11.9. The summed E-state index contributed by atoms with van der Waals surface area (Å²) in [7, 11) is 0. The molecule has 0 aromatic heterocycles. The molecule has 1 aromatic rings. The molecule has 1 rings (SSSR count). The molecule has 0 aliphatic carbocycles. The Hall–Kier alpha value is -1.64. The van der Waals surface area contributed by atoms with Crippen LogP contribution in [0.25, 0.3) is 0 Å². The third kappa shape index (κ3) is 8.28. The summed E-state index contributed by atoms with van der Waals surface area (Å²) in [5.41, 5.74) is 1.03. The Balaban J connectivity index is 2.20. The monoisotopic (exact) mass is 288 g/mol. The summed E-state index contributed by atoms with van der Waals surface area (Å²) in [6.07, 6.45) is 9.84. The van der Waals surface area contributed by atoms with E-state index in [2.05, 4.69) is 12.2 Å². The van der Waals surface area contributed by atoms with Crippen molar-refractivity contribution in [3.05, 3.63) is 35.9 Å². The van der Waals surface area contributed by atoms with Crippen molar-refractivity contribution in [3.8, 4) is 0 Å². The maximum absolute atomic E-state index is 11.8. The van der Waals surface area contributed by atoms with Gasteiger partial charge in [0.1, 0.15) is 0 Å². The van der Waals surface area contributed by atoms with E-state index >= 15 is 0 Å². The maximum atomic E-state index is 11.8. The summed E-state index contributed by atoms with van der Waals surface area (Å²) in [6, 6.07) is 9.14. The molecule has 1 radical (unpaired) electrons. The summed E-state index contributed by atoms with van der Waals surface area (Å²) < 4.78 is 0. The summed E-state index contributed by atoms with van der Waals surface area (Å²) >= 11 is 0. The van der Waals surface area contributed by atoms with Crippen molar-refractivity contribution in [3.63, 3.8) is 0 Å². The van der Waals surface area contributed by atoms with Crippen molar-refractivity contribution in [2.45, 2.75) is 64.3 Å². The molecule has 0 aliphatic rings. The van der Waals surface area contributed by atoms with Crippen LogP contribution >= 0.6 is 0 Å². The van der Waals surface area contributed by atoms with Crippen LogP contribution in [0.3, 0.4) is 0 Å². The molecule has 0 aliphatic heterocycles. The Bertz CT molecular complexity index is 403. The third-order valence-electron chi connectivity index (χ3n) is 3.52. The largest absolute Gasteiger partial charge is 0.345 e. The first-order valence-electron chi connectivity index (χ1n) is 7.97. The maximum Gasteiger partial charge on any atom is 0.223 e. The van der Waals surface area contributed by atoms with Gasteiger partial charge in [-0.15, -0.1) is 0 Å². The third-order valence-corrected chi connectivity index (χ3v) is 3.52. The molecule has 3 heteroatoms. The lowest BCUT2D eigenvalue weighted by atomic mass is 10.1. The highest BCUT2D eigenvalue weighted by Crippen LogP contribution is 2.07. The lowest BCUT2D eigenvalue weighted by Crippen LogP contribution is -2.37. The van der Waals surface area contributed by atoms with Crippen molar-refractivity contribution in [2.75, 3.05) is 0 Å². The zero-order valence-corrected chi connectivity index (χ0v) is 12.9. The molecule has 0 unspecified atom stereocenters. The number of hydrogen-bond acceptors (Lipinski definition) is 2. The molecule has 21 heavy (non-hydrogen) atoms. The number of hydrogen-bond donors (Lipinski definition) is 1. The number of benzene rings is 1. The van der Waals surface area contributed by atoms with Crippen LogP contribution in [0.4, 0.5) is 0 Å². The van der Waals surface area contributed by atoms with Gasteiger partial charge in [-0.05, 0) is 12.0 Å². The van der Waals surface area contributed by atoms with Crippen LogP contribution in [0, 0.1) is 0 Å². The first-order chi connectivity index (χ1) is 10.3. The van der Waals surface area contributed by atoms with Gasteiger partial charge in [0.25, 0.3) is 0 Å². The van der Waals surface area contributed by atoms with Gasteiger partial charge >= 0.3 is 0 Å². The molecular weight excluding hydrogens is 262 g/mol. The van der Waals surface area contributed by atoms with E-state index in [1.54, 1.807) is 0 Å². The predicted octanol–water partition coefficient (Wildman–Crippen LogP) is 3.57. The lowest BCUT2D eigenvalue weighted by molar-refractivity contribution is -0.121. The Morgan fingerprint density at radius 3 is 2.43 bits per heavy atom. The Morgan fingerprint density at radius 1 is 1.10 bits per heavy atom. The average molecular weight is 288 g/mol. The second-order valence-corrected chi connectivity index (χ2v) is 5.45. The summed E-state index contributed by atoms with van der Waals surface area (Å²) in [6.45, 7) is 2.19. The first kappa shape index (κ1) is 17.4. The number of amides is 1. The molecule has 0 spiro atoms. The van der Waals surface area contributed by atoms with Crippen LogP contribution in [-0.4, -0.2) is 18.2 Å². The van der Waals surface area contributed by atoms with E-state index in [1.165, 1.54) is 25.7 Å². The van der Waals surface area contributed by atoms with Crippen LogP contribution in [-0.2, 0) is 16.0 Å². The number of unbranched alkanes of at least 4 members (excludes halogenated alkanes) is 5. The van der Waals surface area contributed by atoms with Crippen molar-refractivity contribution in [2.24, 2.45) is 0 Å². The molecule has 1 N–H and O–H groups in total. The van der Waals surface area contributed by atoms with Gasteiger partial charge in [0.05, 0.1) is 6.04 Å². The van der Waals surface area contributed by atoms with Gasteiger partial charge in [-0.1, -0.05) is 69.4 Å². The highest BCUT2D eigenvalue weighted by atomic mass is 16.2. The molecule has 0 bridgehead atoms. The number of nitrogens with one attached hydrogen (secondary N) is 1. The van der Waals surface area contributed by atoms with E-state index in [0.717, 1.165) is 18.4 Å². The van der Waals surface area contributed by atoms with E-state index in [-0.39, 0.29) is 5.91 Å². The zero-order chi connectivity index (χ0) is 15.3. The SMILES string of the molecule is CCCCCCCCC(=O)N[C@H]([C]=O)Cc1ccccc1. The molecule has 0 heterocycles. The topological polar surface area (TPSA) is 46.2 Å². The fourth-order valence-corrected chi connectivity index (χ4v) is 2.30. The standard InChI is InChI=1S/C18H26NO2/c1-2-3-4-5-6-10-13-18(21)19-17(15-20)14-16-11-8-7-9-12-16/h7-9,11-12,17H,2-6,10,13-14H2,1H3,(H,19,21)/t17-/m0/s1. The van der Waals surface area contributed by atoms with Gasteiger partial charge < -0.3 is 5.32 Å². The molecule has 1 aromatic carbocycles. The van der Waals surface area contributed by atoms with Gasteiger partial charge in [-0.25, -0.2) is 0 Å².